The summed E-state index contributed by atoms with van der Waals surface area (Å²) in [5, 5.41) is 9.11. The fraction of sp³-hybridized carbons (Fsp3) is 1.00. The van der Waals surface area contributed by atoms with Crippen molar-refractivity contribution in [1.82, 2.24) is 0 Å². The smallest absolute Gasteiger partial charge is 0.200 e. The summed E-state index contributed by atoms with van der Waals surface area (Å²) < 4.78 is 29.9. The lowest BCUT2D eigenvalue weighted by Crippen LogP contribution is -2.58. The summed E-state index contributed by atoms with van der Waals surface area (Å²) in [6.45, 7) is 8.02. The van der Waals surface area contributed by atoms with Crippen molar-refractivity contribution in [2.75, 3.05) is 13.2 Å². The Bertz CT molecular complexity index is 382. The van der Waals surface area contributed by atoms with Crippen LogP contribution in [0.15, 0.2) is 0 Å². The van der Waals surface area contributed by atoms with Gasteiger partial charge in [0.2, 0.25) is 5.79 Å². The maximum atomic E-state index is 9.11. The predicted molar refractivity (Wildman–Crippen MR) is 68.9 cm³/mol. The zero-order valence-corrected chi connectivity index (χ0v) is 12.5. The minimum absolute atomic E-state index is 0.0958. The molecular weight excluding hydrogens is 264 g/mol. The molecule has 4 atom stereocenters. The molecular formula is C14H24O6. The lowest BCUT2D eigenvalue weighted by atomic mass is 9.93. The summed E-state index contributed by atoms with van der Waals surface area (Å²) in [4.78, 5) is 0. The van der Waals surface area contributed by atoms with E-state index in [9.17, 15) is 0 Å². The van der Waals surface area contributed by atoms with Gasteiger partial charge in [-0.25, -0.2) is 0 Å². The Balaban J connectivity index is 1.86. The Morgan fingerprint density at radius 3 is 2.50 bits per heavy atom. The highest BCUT2D eigenvalue weighted by Crippen LogP contribution is 2.49. The molecule has 3 saturated heterocycles. The molecule has 3 rings (SSSR count). The zero-order chi connectivity index (χ0) is 14.6. The van der Waals surface area contributed by atoms with E-state index in [0.29, 0.717) is 19.4 Å². The monoisotopic (exact) mass is 288 g/mol. The predicted octanol–water partition coefficient (Wildman–Crippen LogP) is 1.16. The Kier molecular flexibility index (Phi) is 3.40. The minimum Gasteiger partial charge on any atom is -0.396 e. The molecule has 3 aliphatic rings. The number of hydrogen-bond acceptors (Lipinski definition) is 6. The van der Waals surface area contributed by atoms with Crippen molar-refractivity contribution in [2.45, 2.75) is 76.2 Å². The molecule has 20 heavy (non-hydrogen) atoms. The third-order valence-electron chi connectivity index (χ3n) is 3.96. The second-order valence-electron chi connectivity index (χ2n) is 6.63. The highest BCUT2D eigenvalue weighted by atomic mass is 16.9. The van der Waals surface area contributed by atoms with Crippen molar-refractivity contribution >= 4 is 0 Å². The molecule has 6 nitrogen and oxygen atoms in total. The Labute approximate surface area is 119 Å². The third-order valence-corrected chi connectivity index (χ3v) is 3.96. The number of aliphatic hydroxyl groups excluding tert-OH is 1. The summed E-state index contributed by atoms with van der Waals surface area (Å²) in [5.74, 6) is -2.22. The van der Waals surface area contributed by atoms with E-state index in [4.69, 9.17) is 28.8 Å². The molecule has 1 N–H and O–H groups in total. The van der Waals surface area contributed by atoms with Crippen molar-refractivity contribution in [2.24, 2.45) is 0 Å². The van der Waals surface area contributed by atoms with Gasteiger partial charge in [0.15, 0.2) is 11.6 Å². The quantitative estimate of drug-likeness (QED) is 0.840. The van der Waals surface area contributed by atoms with E-state index in [1.54, 1.807) is 0 Å². The first kappa shape index (κ1) is 14.7. The van der Waals surface area contributed by atoms with E-state index in [2.05, 4.69) is 0 Å². The Morgan fingerprint density at radius 1 is 1.05 bits per heavy atom. The van der Waals surface area contributed by atoms with Crippen LogP contribution < -0.4 is 0 Å². The van der Waals surface area contributed by atoms with E-state index in [0.717, 1.165) is 0 Å². The minimum atomic E-state index is -0.850. The molecule has 0 saturated carbocycles. The van der Waals surface area contributed by atoms with Gasteiger partial charge in [0, 0.05) is 13.0 Å². The SMILES string of the molecule is CC1(C)O[C@@H]2[C@@H](CO[C@@]3(CCCO)OC(C)(C)O[C@@H]23)O1. The number of hydrogen-bond donors (Lipinski definition) is 1. The fourth-order valence-electron chi connectivity index (χ4n) is 3.39. The molecule has 3 aliphatic heterocycles. The summed E-state index contributed by atoms with van der Waals surface area (Å²) in [6, 6.07) is 0. The molecule has 6 heteroatoms. The van der Waals surface area contributed by atoms with Gasteiger partial charge in [0.1, 0.15) is 18.3 Å². The van der Waals surface area contributed by atoms with Crippen LogP contribution >= 0.6 is 0 Å². The van der Waals surface area contributed by atoms with E-state index < -0.39 is 17.4 Å². The topological polar surface area (TPSA) is 66.4 Å². The third kappa shape index (κ3) is 2.38. The van der Waals surface area contributed by atoms with E-state index in [1.807, 2.05) is 27.7 Å². The van der Waals surface area contributed by atoms with Crippen molar-refractivity contribution in [3.8, 4) is 0 Å². The molecule has 0 unspecified atom stereocenters. The first-order chi connectivity index (χ1) is 9.27. The number of fused-ring (bicyclic) bond motifs is 3. The fourth-order valence-corrected chi connectivity index (χ4v) is 3.39. The van der Waals surface area contributed by atoms with Crippen LogP contribution in [0.4, 0.5) is 0 Å². The summed E-state index contributed by atoms with van der Waals surface area (Å²) in [6.07, 6.45) is 0.473. The average Bonchev–Trinajstić information content (AvgIpc) is 2.78. The van der Waals surface area contributed by atoms with Crippen molar-refractivity contribution in [3.63, 3.8) is 0 Å². The molecule has 3 heterocycles. The van der Waals surface area contributed by atoms with Crippen molar-refractivity contribution in [1.29, 1.82) is 0 Å². The van der Waals surface area contributed by atoms with Gasteiger partial charge >= 0.3 is 0 Å². The summed E-state index contributed by atoms with van der Waals surface area (Å²) >= 11 is 0. The molecule has 0 aromatic rings. The number of ether oxygens (including phenoxy) is 5. The molecule has 0 aromatic heterocycles. The zero-order valence-electron chi connectivity index (χ0n) is 12.5. The molecule has 0 aromatic carbocycles. The van der Waals surface area contributed by atoms with E-state index in [-0.39, 0.29) is 24.9 Å². The van der Waals surface area contributed by atoms with Crippen LogP contribution in [-0.4, -0.2) is 54.0 Å². The lowest BCUT2D eigenvalue weighted by Gasteiger charge is -2.40. The first-order valence-corrected chi connectivity index (χ1v) is 7.25. The molecule has 0 aliphatic carbocycles. The second kappa shape index (κ2) is 4.63. The highest BCUT2D eigenvalue weighted by molar-refractivity contribution is 5.03. The molecule has 116 valence electrons. The summed E-state index contributed by atoms with van der Waals surface area (Å²) in [5.41, 5.74) is 0. The molecule has 0 spiro atoms. The Hall–Kier alpha value is -0.240. The van der Waals surface area contributed by atoms with Crippen LogP contribution in [0, 0.1) is 0 Å². The van der Waals surface area contributed by atoms with Crippen LogP contribution in [0.1, 0.15) is 40.5 Å². The molecule has 0 amide bonds. The van der Waals surface area contributed by atoms with Gasteiger partial charge in [0.05, 0.1) is 6.61 Å². The first-order valence-electron chi connectivity index (χ1n) is 7.25. The van der Waals surface area contributed by atoms with Gasteiger partial charge in [-0.2, -0.15) is 0 Å². The maximum Gasteiger partial charge on any atom is 0.200 e. The largest absolute Gasteiger partial charge is 0.396 e. The van der Waals surface area contributed by atoms with Gasteiger partial charge in [-0.15, -0.1) is 0 Å². The normalized spacial score (nSPS) is 45.1. The number of aliphatic hydroxyl groups is 1. The van der Waals surface area contributed by atoms with Crippen LogP contribution in [0.2, 0.25) is 0 Å². The van der Waals surface area contributed by atoms with Gasteiger partial charge < -0.3 is 28.8 Å². The summed E-state index contributed by atoms with van der Waals surface area (Å²) in [7, 11) is 0. The molecule has 0 radical (unpaired) electrons. The molecule has 3 fully saturated rings. The van der Waals surface area contributed by atoms with Gasteiger partial charge in [-0.05, 0) is 34.1 Å². The maximum absolute atomic E-state index is 9.11. The number of rotatable bonds is 3. The van der Waals surface area contributed by atoms with Crippen LogP contribution in [-0.2, 0) is 23.7 Å². The highest BCUT2D eigenvalue weighted by Gasteiger charge is 2.64. The standard InChI is InChI=1S/C14H24O6/c1-12(2)17-9-8-16-14(6-5-7-15)11(10(9)18-12)19-13(3,4)20-14/h9-11,15H,5-8H2,1-4H3/t9-,10-,11+,14+/m1/s1. The van der Waals surface area contributed by atoms with E-state index in [1.165, 1.54) is 0 Å². The van der Waals surface area contributed by atoms with E-state index >= 15 is 0 Å². The van der Waals surface area contributed by atoms with Crippen molar-refractivity contribution in [3.05, 3.63) is 0 Å². The van der Waals surface area contributed by atoms with Gasteiger partial charge in [0.25, 0.3) is 0 Å². The van der Waals surface area contributed by atoms with Crippen molar-refractivity contribution < 1.29 is 28.8 Å². The average molecular weight is 288 g/mol. The Morgan fingerprint density at radius 2 is 1.80 bits per heavy atom. The van der Waals surface area contributed by atoms with Crippen LogP contribution in [0.5, 0.6) is 0 Å². The van der Waals surface area contributed by atoms with Gasteiger partial charge in [-0.1, -0.05) is 0 Å². The molecule has 0 bridgehead atoms. The lowest BCUT2D eigenvalue weighted by molar-refractivity contribution is -0.284. The second-order valence-corrected chi connectivity index (χ2v) is 6.63. The van der Waals surface area contributed by atoms with Crippen LogP contribution in [0.25, 0.3) is 0 Å². The van der Waals surface area contributed by atoms with Crippen LogP contribution in [0.3, 0.4) is 0 Å². The van der Waals surface area contributed by atoms with Gasteiger partial charge in [-0.3, -0.25) is 0 Å².